The minimum absolute atomic E-state index is 0.0321. The van der Waals surface area contributed by atoms with Crippen molar-refractivity contribution in [3.63, 3.8) is 0 Å². The van der Waals surface area contributed by atoms with E-state index in [9.17, 15) is 4.79 Å². The standard InChI is InChI=1S/C18H29NO2/c1-13(2)12-16-6-8-17(9-7-16)15(5)19-18(20)10-11-21-14(3)4/h6-9,13-15H,10-12H2,1-5H3,(H,19,20). The largest absolute Gasteiger partial charge is 0.378 e. The van der Waals surface area contributed by atoms with Crippen LogP contribution in [-0.4, -0.2) is 18.6 Å². The van der Waals surface area contributed by atoms with Gasteiger partial charge < -0.3 is 10.1 Å². The fourth-order valence-corrected chi connectivity index (χ4v) is 2.20. The Labute approximate surface area is 129 Å². The summed E-state index contributed by atoms with van der Waals surface area (Å²) in [7, 11) is 0. The average Bonchev–Trinajstić information content (AvgIpc) is 2.38. The number of ether oxygens (including phenoxy) is 1. The van der Waals surface area contributed by atoms with E-state index in [0.29, 0.717) is 18.9 Å². The van der Waals surface area contributed by atoms with Gasteiger partial charge in [0.2, 0.25) is 5.91 Å². The Morgan fingerprint density at radius 2 is 1.71 bits per heavy atom. The number of hydrogen-bond acceptors (Lipinski definition) is 2. The number of carbonyl (C=O) groups excluding carboxylic acids is 1. The highest BCUT2D eigenvalue weighted by atomic mass is 16.5. The molecular weight excluding hydrogens is 262 g/mol. The minimum atomic E-state index is 0.0321. The van der Waals surface area contributed by atoms with E-state index in [4.69, 9.17) is 4.74 Å². The third-order valence-corrected chi connectivity index (χ3v) is 3.28. The fraction of sp³-hybridized carbons (Fsp3) is 0.611. The van der Waals surface area contributed by atoms with Crippen molar-refractivity contribution in [3.8, 4) is 0 Å². The quantitative estimate of drug-likeness (QED) is 0.789. The normalized spacial score (nSPS) is 12.7. The minimum Gasteiger partial charge on any atom is -0.378 e. The Morgan fingerprint density at radius 3 is 2.24 bits per heavy atom. The van der Waals surface area contributed by atoms with Crippen molar-refractivity contribution in [1.29, 1.82) is 0 Å². The number of nitrogens with one attached hydrogen (secondary N) is 1. The molecule has 0 spiro atoms. The number of carbonyl (C=O) groups is 1. The molecule has 1 aromatic rings. The lowest BCUT2D eigenvalue weighted by Crippen LogP contribution is -2.27. The van der Waals surface area contributed by atoms with Crippen molar-refractivity contribution in [3.05, 3.63) is 35.4 Å². The van der Waals surface area contributed by atoms with Gasteiger partial charge in [0.05, 0.1) is 18.8 Å². The van der Waals surface area contributed by atoms with Crippen LogP contribution in [0.1, 0.15) is 58.2 Å². The first-order chi connectivity index (χ1) is 9.88. The van der Waals surface area contributed by atoms with E-state index in [0.717, 1.165) is 12.0 Å². The van der Waals surface area contributed by atoms with Crippen molar-refractivity contribution >= 4 is 5.91 Å². The summed E-state index contributed by atoms with van der Waals surface area (Å²) in [6, 6.07) is 8.55. The molecule has 1 rings (SSSR count). The van der Waals surface area contributed by atoms with Crippen LogP contribution in [0.2, 0.25) is 0 Å². The number of benzene rings is 1. The first kappa shape index (κ1) is 17.7. The van der Waals surface area contributed by atoms with Crippen molar-refractivity contribution in [1.82, 2.24) is 5.32 Å². The molecular formula is C18H29NO2. The van der Waals surface area contributed by atoms with Gasteiger partial charge >= 0.3 is 0 Å². The molecule has 0 radical (unpaired) electrons. The molecule has 0 heterocycles. The van der Waals surface area contributed by atoms with Crippen molar-refractivity contribution in [2.24, 2.45) is 5.92 Å². The lowest BCUT2D eigenvalue weighted by molar-refractivity contribution is -0.123. The van der Waals surface area contributed by atoms with Gasteiger partial charge in [0.15, 0.2) is 0 Å². The van der Waals surface area contributed by atoms with Crippen LogP contribution in [0.3, 0.4) is 0 Å². The summed E-state index contributed by atoms with van der Waals surface area (Å²) in [5.74, 6) is 0.698. The van der Waals surface area contributed by atoms with E-state index in [-0.39, 0.29) is 18.1 Å². The Hall–Kier alpha value is -1.35. The Balaban J connectivity index is 2.44. The van der Waals surface area contributed by atoms with Crippen LogP contribution in [-0.2, 0) is 16.0 Å². The summed E-state index contributed by atoms with van der Waals surface area (Å²) >= 11 is 0. The summed E-state index contributed by atoms with van der Waals surface area (Å²) in [6.07, 6.45) is 1.67. The van der Waals surface area contributed by atoms with Crippen LogP contribution in [0.15, 0.2) is 24.3 Å². The lowest BCUT2D eigenvalue weighted by Gasteiger charge is -2.15. The van der Waals surface area contributed by atoms with Gasteiger partial charge in [0.25, 0.3) is 0 Å². The van der Waals surface area contributed by atoms with Crippen LogP contribution in [0.4, 0.5) is 0 Å². The maximum Gasteiger partial charge on any atom is 0.222 e. The zero-order chi connectivity index (χ0) is 15.8. The van der Waals surface area contributed by atoms with Crippen molar-refractivity contribution in [2.75, 3.05) is 6.61 Å². The summed E-state index contributed by atoms with van der Waals surface area (Å²) < 4.78 is 5.39. The first-order valence-electron chi connectivity index (χ1n) is 7.88. The lowest BCUT2D eigenvalue weighted by atomic mass is 10.00. The molecule has 1 unspecified atom stereocenters. The van der Waals surface area contributed by atoms with Gasteiger partial charge in [-0.1, -0.05) is 38.1 Å². The molecule has 118 valence electrons. The molecule has 0 aromatic heterocycles. The molecule has 0 bridgehead atoms. The van der Waals surface area contributed by atoms with Gasteiger partial charge in [-0.05, 0) is 44.2 Å². The third kappa shape index (κ3) is 7.28. The molecule has 0 saturated heterocycles. The molecule has 1 aromatic carbocycles. The van der Waals surface area contributed by atoms with Crippen molar-refractivity contribution < 1.29 is 9.53 Å². The predicted molar refractivity (Wildman–Crippen MR) is 87.2 cm³/mol. The maximum atomic E-state index is 11.8. The highest BCUT2D eigenvalue weighted by molar-refractivity contribution is 5.76. The molecule has 1 atom stereocenters. The topological polar surface area (TPSA) is 38.3 Å². The van der Waals surface area contributed by atoms with Crippen LogP contribution < -0.4 is 5.32 Å². The molecule has 21 heavy (non-hydrogen) atoms. The van der Waals surface area contributed by atoms with Gasteiger partial charge in [-0.25, -0.2) is 0 Å². The van der Waals surface area contributed by atoms with Crippen LogP contribution in [0, 0.1) is 5.92 Å². The molecule has 1 amide bonds. The Morgan fingerprint density at radius 1 is 1.10 bits per heavy atom. The molecule has 0 aliphatic rings. The Bertz CT molecular complexity index is 423. The van der Waals surface area contributed by atoms with E-state index < -0.39 is 0 Å². The second-order valence-electron chi connectivity index (χ2n) is 6.30. The van der Waals surface area contributed by atoms with Crippen LogP contribution in [0.5, 0.6) is 0 Å². The van der Waals surface area contributed by atoms with Gasteiger partial charge in [-0.3, -0.25) is 4.79 Å². The molecule has 3 heteroatoms. The predicted octanol–water partition coefficient (Wildman–Crippen LogP) is 3.88. The van der Waals surface area contributed by atoms with E-state index >= 15 is 0 Å². The molecule has 0 fully saturated rings. The number of hydrogen-bond donors (Lipinski definition) is 1. The monoisotopic (exact) mass is 291 g/mol. The summed E-state index contributed by atoms with van der Waals surface area (Å²) in [5.41, 5.74) is 2.48. The van der Waals surface area contributed by atoms with E-state index in [1.165, 1.54) is 5.56 Å². The molecule has 0 saturated carbocycles. The molecule has 0 aliphatic carbocycles. The zero-order valence-corrected chi connectivity index (χ0v) is 14.0. The summed E-state index contributed by atoms with van der Waals surface area (Å²) in [5, 5.41) is 3.01. The second-order valence-corrected chi connectivity index (χ2v) is 6.30. The third-order valence-electron chi connectivity index (χ3n) is 3.28. The highest BCUT2D eigenvalue weighted by Gasteiger charge is 2.10. The smallest absolute Gasteiger partial charge is 0.222 e. The molecule has 0 aliphatic heterocycles. The number of rotatable bonds is 8. The van der Waals surface area contributed by atoms with E-state index in [1.54, 1.807) is 0 Å². The Kier molecular flexibility index (Phi) is 7.44. The van der Waals surface area contributed by atoms with Gasteiger partial charge in [-0.15, -0.1) is 0 Å². The molecule has 3 nitrogen and oxygen atoms in total. The highest BCUT2D eigenvalue weighted by Crippen LogP contribution is 2.15. The van der Waals surface area contributed by atoms with Gasteiger partial charge in [-0.2, -0.15) is 0 Å². The van der Waals surface area contributed by atoms with E-state index in [1.807, 2.05) is 20.8 Å². The SMILES string of the molecule is CC(C)Cc1ccc(C(C)NC(=O)CCOC(C)C)cc1. The summed E-state index contributed by atoms with van der Waals surface area (Å²) in [6.45, 7) is 10.9. The average molecular weight is 291 g/mol. The van der Waals surface area contributed by atoms with Crippen LogP contribution in [0.25, 0.3) is 0 Å². The first-order valence-corrected chi connectivity index (χ1v) is 7.88. The van der Waals surface area contributed by atoms with Crippen LogP contribution >= 0.6 is 0 Å². The summed E-state index contributed by atoms with van der Waals surface area (Å²) in [4.78, 5) is 11.8. The zero-order valence-electron chi connectivity index (χ0n) is 14.0. The van der Waals surface area contributed by atoms with Gasteiger partial charge in [0.1, 0.15) is 0 Å². The fourth-order valence-electron chi connectivity index (χ4n) is 2.20. The molecule has 1 N–H and O–H groups in total. The van der Waals surface area contributed by atoms with Gasteiger partial charge in [0, 0.05) is 6.42 Å². The van der Waals surface area contributed by atoms with Crippen molar-refractivity contribution in [2.45, 2.75) is 59.6 Å². The number of amides is 1. The van der Waals surface area contributed by atoms with E-state index in [2.05, 4.69) is 43.4 Å². The second kappa shape index (κ2) is 8.83. The maximum absolute atomic E-state index is 11.8.